The lowest BCUT2D eigenvalue weighted by Crippen LogP contribution is -2.23. The maximum Gasteiger partial charge on any atom is 0.181 e. The first-order chi connectivity index (χ1) is 7.68. The molecule has 1 aliphatic rings. The number of nitrogens with one attached hydrogen (secondary N) is 1. The summed E-state index contributed by atoms with van der Waals surface area (Å²) in [4.78, 5) is 4.28. The van der Waals surface area contributed by atoms with Gasteiger partial charge in [0.1, 0.15) is 5.76 Å². The van der Waals surface area contributed by atoms with E-state index in [2.05, 4.69) is 31.1 Å². The van der Waals surface area contributed by atoms with E-state index in [1.165, 1.54) is 6.39 Å². The number of ether oxygens (including phenoxy) is 1. The van der Waals surface area contributed by atoms with Crippen molar-refractivity contribution in [1.82, 2.24) is 10.3 Å². The molecule has 2 rings (SSSR count). The predicted octanol–water partition coefficient (Wildman–Crippen LogP) is 2.06. The number of hydrogen-bond donors (Lipinski definition) is 1. The summed E-state index contributed by atoms with van der Waals surface area (Å²) in [6, 6.07) is 0.460. The van der Waals surface area contributed by atoms with Gasteiger partial charge in [-0.1, -0.05) is 13.8 Å². The molecule has 1 saturated heterocycles. The highest BCUT2D eigenvalue weighted by Crippen LogP contribution is 2.32. The Kier molecular flexibility index (Phi) is 3.61. The lowest BCUT2D eigenvalue weighted by atomic mass is 9.98. The van der Waals surface area contributed by atoms with Crippen molar-refractivity contribution in [3.05, 3.63) is 17.8 Å². The van der Waals surface area contributed by atoms with Crippen LogP contribution in [0.1, 0.15) is 44.6 Å². The van der Waals surface area contributed by atoms with Gasteiger partial charge in [-0.3, -0.25) is 0 Å². The molecule has 0 amide bonds. The van der Waals surface area contributed by atoms with Gasteiger partial charge >= 0.3 is 0 Å². The number of hydrogen-bond acceptors (Lipinski definition) is 4. The minimum atomic E-state index is 0.241. The van der Waals surface area contributed by atoms with Crippen molar-refractivity contribution in [2.75, 3.05) is 6.61 Å². The Hall–Kier alpha value is -0.870. The van der Waals surface area contributed by atoms with Crippen LogP contribution in [-0.4, -0.2) is 23.7 Å². The minimum absolute atomic E-state index is 0.241. The number of aromatic nitrogens is 1. The van der Waals surface area contributed by atoms with Gasteiger partial charge in [-0.05, 0) is 13.3 Å². The SMILES string of the molecule is CC(C)NCc1ncoc1C1CCOC1C. The van der Waals surface area contributed by atoms with E-state index >= 15 is 0 Å². The molecule has 4 nitrogen and oxygen atoms in total. The third kappa shape index (κ3) is 2.44. The molecule has 90 valence electrons. The molecule has 0 spiro atoms. The number of oxazole rings is 1. The van der Waals surface area contributed by atoms with E-state index in [9.17, 15) is 0 Å². The lowest BCUT2D eigenvalue weighted by molar-refractivity contribution is 0.115. The number of nitrogens with zero attached hydrogens (tertiary/aromatic N) is 1. The summed E-state index contributed by atoms with van der Waals surface area (Å²) >= 11 is 0. The Labute approximate surface area is 96.4 Å². The molecule has 0 radical (unpaired) electrons. The molecule has 1 aliphatic heterocycles. The molecule has 1 fully saturated rings. The van der Waals surface area contributed by atoms with E-state index in [0.29, 0.717) is 12.0 Å². The summed E-state index contributed by atoms with van der Waals surface area (Å²) in [5, 5.41) is 3.36. The van der Waals surface area contributed by atoms with Gasteiger partial charge in [-0.15, -0.1) is 0 Å². The monoisotopic (exact) mass is 224 g/mol. The van der Waals surface area contributed by atoms with Gasteiger partial charge in [-0.2, -0.15) is 0 Å². The molecule has 2 atom stereocenters. The second kappa shape index (κ2) is 4.97. The van der Waals surface area contributed by atoms with Gasteiger partial charge in [0, 0.05) is 25.1 Å². The maximum atomic E-state index is 5.56. The van der Waals surface area contributed by atoms with Crippen molar-refractivity contribution in [3.8, 4) is 0 Å². The Balaban J connectivity index is 2.06. The second-order valence-corrected chi connectivity index (χ2v) is 4.67. The first-order valence-corrected chi connectivity index (χ1v) is 5.95. The molecule has 0 aromatic carbocycles. The molecule has 0 bridgehead atoms. The van der Waals surface area contributed by atoms with Crippen molar-refractivity contribution < 1.29 is 9.15 Å². The highest BCUT2D eigenvalue weighted by atomic mass is 16.5. The smallest absolute Gasteiger partial charge is 0.181 e. The summed E-state index contributed by atoms with van der Waals surface area (Å²) in [5.41, 5.74) is 1.02. The number of rotatable bonds is 4. The zero-order valence-corrected chi connectivity index (χ0v) is 10.2. The maximum absolute atomic E-state index is 5.56. The molecule has 4 heteroatoms. The van der Waals surface area contributed by atoms with Gasteiger partial charge in [0.2, 0.25) is 0 Å². The van der Waals surface area contributed by atoms with Crippen LogP contribution in [0, 0.1) is 0 Å². The molecular formula is C12H20N2O2. The van der Waals surface area contributed by atoms with E-state index in [1.54, 1.807) is 0 Å². The molecule has 0 aliphatic carbocycles. The minimum Gasteiger partial charge on any atom is -0.448 e. The Morgan fingerprint density at radius 3 is 3.00 bits per heavy atom. The fourth-order valence-corrected chi connectivity index (χ4v) is 2.09. The molecule has 1 aromatic heterocycles. The molecule has 0 saturated carbocycles. The first kappa shape index (κ1) is 11.6. The van der Waals surface area contributed by atoms with Gasteiger partial charge in [0.05, 0.1) is 11.8 Å². The zero-order valence-electron chi connectivity index (χ0n) is 10.2. The van der Waals surface area contributed by atoms with E-state index in [4.69, 9.17) is 9.15 Å². The van der Waals surface area contributed by atoms with Crippen molar-refractivity contribution >= 4 is 0 Å². The third-order valence-corrected chi connectivity index (χ3v) is 3.06. The molecule has 2 heterocycles. The Morgan fingerprint density at radius 1 is 1.56 bits per heavy atom. The standard InChI is InChI=1S/C12H20N2O2/c1-8(2)13-6-11-12(16-7-14-11)10-4-5-15-9(10)3/h7-10,13H,4-6H2,1-3H3. The fraction of sp³-hybridized carbons (Fsp3) is 0.750. The van der Waals surface area contributed by atoms with Crippen LogP contribution in [0.25, 0.3) is 0 Å². The first-order valence-electron chi connectivity index (χ1n) is 5.95. The van der Waals surface area contributed by atoms with Gasteiger partial charge in [-0.25, -0.2) is 4.98 Å². The Morgan fingerprint density at radius 2 is 2.38 bits per heavy atom. The highest BCUT2D eigenvalue weighted by molar-refractivity contribution is 5.15. The van der Waals surface area contributed by atoms with Crippen molar-refractivity contribution in [2.24, 2.45) is 0 Å². The van der Waals surface area contributed by atoms with Crippen LogP contribution in [0.2, 0.25) is 0 Å². The van der Waals surface area contributed by atoms with Crippen LogP contribution in [0.5, 0.6) is 0 Å². The van der Waals surface area contributed by atoms with Crippen LogP contribution in [0.4, 0.5) is 0 Å². The molecule has 1 N–H and O–H groups in total. The fourth-order valence-electron chi connectivity index (χ4n) is 2.09. The van der Waals surface area contributed by atoms with Crippen LogP contribution in [0.15, 0.2) is 10.8 Å². The molecule has 16 heavy (non-hydrogen) atoms. The molecular weight excluding hydrogens is 204 g/mol. The van der Waals surface area contributed by atoms with E-state index in [-0.39, 0.29) is 6.10 Å². The quantitative estimate of drug-likeness (QED) is 0.850. The van der Waals surface area contributed by atoms with E-state index in [0.717, 1.165) is 31.0 Å². The van der Waals surface area contributed by atoms with Crippen molar-refractivity contribution in [2.45, 2.75) is 51.8 Å². The van der Waals surface area contributed by atoms with Gasteiger partial charge in [0.15, 0.2) is 6.39 Å². The van der Waals surface area contributed by atoms with Crippen LogP contribution < -0.4 is 5.32 Å². The summed E-state index contributed by atoms with van der Waals surface area (Å²) in [5.74, 6) is 1.37. The van der Waals surface area contributed by atoms with Gasteiger partial charge < -0.3 is 14.5 Å². The van der Waals surface area contributed by atoms with E-state index < -0.39 is 0 Å². The van der Waals surface area contributed by atoms with Crippen LogP contribution in [-0.2, 0) is 11.3 Å². The van der Waals surface area contributed by atoms with Crippen molar-refractivity contribution in [3.63, 3.8) is 0 Å². The van der Waals surface area contributed by atoms with E-state index in [1.807, 2.05) is 0 Å². The molecule has 1 aromatic rings. The lowest BCUT2D eigenvalue weighted by Gasteiger charge is -2.13. The highest BCUT2D eigenvalue weighted by Gasteiger charge is 2.30. The Bertz CT molecular complexity index is 336. The normalized spacial score (nSPS) is 25.5. The topological polar surface area (TPSA) is 47.3 Å². The van der Waals surface area contributed by atoms with Crippen molar-refractivity contribution in [1.29, 1.82) is 0 Å². The van der Waals surface area contributed by atoms with Crippen LogP contribution >= 0.6 is 0 Å². The predicted molar refractivity (Wildman–Crippen MR) is 61.3 cm³/mol. The summed E-state index contributed by atoms with van der Waals surface area (Å²) in [6.07, 6.45) is 2.81. The summed E-state index contributed by atoms with van der Waals surface area (Å²) < 4.78 is 11.1. The average Bonchev–Trinajstić information content (AvgIpc) is 2.82. The zero-order chi connectivity index (χ0) is 11.5. The largest absolute Gasteiger partial charge is 0.448 e. The summed E-state index contributed by atoms with van der Waals surface area (Å²) in [6.45, 7) is 7.94. The average molecular weight is 224 g/mol. The molecule has 2 unspecified atom stereocenters. The summed E-state index contributed by atoms with van der Waals surface area (Å²) in [7, 11) is 0. The second-order valence-electron chi connectivity index (χ2n) is 4.67. The third-order valence-electron chi connectivity index (χ3n) is 3.06. The van der Waals surface area contributed by atoms with Gasteiger partial charge in [0.25, 0.3) is 0 Å². The van der Waals surface area contributed by atoms with Crippen LogP contribution in [0.3, 0.4) is 0 Å².